The topological polar surface area (TPSA) is 82.5 Å². The van der Waals surface area contributed by atoms with Crippen molar-refractivity contribution in [1.29, 1.82) is 0 Å². The number of unbranched alkanes of at least 4 members (excludes halogenated alkanes) is 54. The van der Waals surface area contributed by atoms with Crippen LogP contribution >= 0.6 is 0 Å². The SMILES string of the molecule is CCCCCCCCCCCC[NH+](CCCCCCCCCCCC)C1CCCCC1.CCCCCCCCCCCC[NH+](CCCCCCCCCCCC)C1CCCCC1.CCCCCCCCCCCC[NH+](CCCCCCCCCCCC)C1CCCCC1.[O-]B([O-])[O-]. The van der Waals surface area contributed by atoms with Crippen LogP contribution in [0.2, 0.25) is 0 Å². The van der Waals surface area contributed by atoms with Crippen LogP contribution in [0.5, 0.6) is 0 Å². The van der Waals surface area contributed by atoms with E-state index >= 15 is 0 Å². The first-order valence-corrected chi connectivity index (χ1v) is 46.4. The molecule has 582 valence electrons. The molecular weight excluding hydrogens is 1180 g/mol. The monoisotopic (exact) mass is 1370 g/mol. The molecule has 0 amide bonds. The van der Waals surface area contributed by atoms with Crippen molar-refractivity contribution in [2.75, 3.05) is 39.3 Å². The van der Waals surface area contributed by atoms with Crippen LogP contribution in [0.15, 0.2) is 0 Å². The minimum Gasteiger partial charge on any atom is -0.907 e. The highest BCUT2D eigenvalue weighted by Crippen LogP contribution is 2.21. The fourth-order valence-corrected chi connectivity index (χ4v) is 17.2. The zero-order valence-electron chi connectivity index (χ0n) is 68.3. The van der Waals surface area contributed by atoms with Crippen LogP contribution in [-0.2, 0) is 0 Å². The summed E-state index contributed by atoms with van der Waals surface area (Å²) in [5, 5.41) is 25.2. The van der Waals surface area contributed by atoms with E-state index in [1.807, 2.05) is 14.7 Å². The third kappa shape index (κ3) is 72.6. The molecular formula is C90H186BN3O3. The molecule has 0 radical (unpaired) electrons. The lowest BCUT2D eigenvalue weighted by Gasteiger charge is -2.35. The maximum Gasteiger partial charge on any atom is 0.0874 e. The summed E-state index contributed by atoms with van der Waals surface area (Å²) in [7, 11) is -2.92. The molecule has 97 heavy (non-hydrogen) atoms. The second-order valence-corrected chi connectivity index (χ2v) is 32.9. The van der Waals surface area contributed by atoms with Crippen LogP contribution in [0.4, 0.5) is 0 Å². The summed E-state index contributed by atoms with van der Waals surface area (Å²) in [6.45, 7) is 22.7. The van der Waals surface area contributed by atoms with E-state index < -0.39 is 7.32 Å². The van der Waals surface area contributed by atoms with Crippen LogP contribution in [0.1, 0.15) is 523 Å². The van der Waals surface area contributed by atoms with Crippen molar-refractivity contribution in [2.24, 2.45) is 0 Å². The van der Waals surface area contributed by atoms with Crippen LogP contribution in [0.3, 0.4) is 0 Å². The van der Waals surface area contributed by atoms with Gasteiger partial charge in [-0.1, -0.05) is 369 Å². The molecule has 7 heteroatoms. The molecule has 0 spiro atoms. The largest absolute Gasteiger partial charge is 0.907 e. The van der Waals surface area contributed by atoms with E-state index in [4.69, 9.17) is 15.1 Å². The lowest BCUT2D eigenvalue weighted by atomic mass is 9.93. The summed E-state index contributed by atoms with van der Waals surface area (Å²) in [5.41, 5.74) is 0. The molecule has 0 aromatic rings. The first-order chi connectivity index (χ1) is 47.9. The molecule has 0 bridgehead atoms. The van der Waals surface area contributed by atoms with Gasteiger partial charge in [-0.15, -0.1) is 0 Å². The maximum absolute atomic E-state index is 8.42. The smallest absolute Gasteiger partial charge is 0.0874 e. The van der Waals surface area contributed by atoms with Crippen molar-refractivity contribution >= 4 is 7.32 Å². The van der Waals surface area contributed by atoms with Gasteiger partial charge in [-0.05, 0) is 154 Å². The first-order valence-electron chi connectivity index (χ1n) is 46.4. The molecule has 3 rings (SSSR count). The molecule has 3 aliphatic rings. The molecule has 0 aromatic heterocycles. The van der Waals surface area contributed by atoms with Gasteiger partial charge in [-0.2, -0.15) is 0 Å². The number of hydrogen-bond acceptors (Lipinski definition) is 3. The van der Waals surface area contributed by atoms with Gasteiger partial charge < -0.3 is 29.8 Å². The summed E-state index contributed by atoms with van der Waals surface area (Å²) in [6.07, 6.45) is 111. The third-order valence-corrected chi connectivity index (χ3v) is 23.7. The molecule has 3 saturated carbocycles. The lowest BCUT2D eigenvalue weighted by Crippen LogP contribution is -3.15. The molecule has 3 N–H and O–H groups in total. The minimum absolute atomic E-state index is 1.01. The highest BCUT2D eigenvalue weighted by atomic mass is 16.5. The Morgan fingerprint density at radius 1 is 0.175 bits per heavy atom. The minimum atomic E-state index is -2.92. The fraction of sp³-hybridized carbons (Fsp3) is 1.00. The Balaban J connectivity index is 0.00000138. The molecule has 3 fully saturated rings. The van der Waals surface area contributed by atoms with Crippen LogP contribution in [0.25, 0.3) is 0 Å². The normalized spacial score (nSPS) is 14.8. The van der Waals surface area contributed by atoms with E-state index in [9.17, 15) is 0 Å². The summed E-state index contributed by atoms with van der Waals surface area (Å²) >= 11 is 0. The van der Waals surface area contributed by atoms with Crippen LogP contribution < -0.4 is 29.8 Å². The van der Waals surface area contributed by atoms with Gasteiger partial charge in [-0.25, -0.2) is 0 Å². The molecule has 0 unspecified atom stereocenters. The summed E-state index contributed by atoms with van der Waals surface area (Å²) < 4.78 is 0. The van der Waals surface area contributed by atoms with Crippen molar-refractivity contribution in [3.05, 3.63) is 0 Å². The number of rotatable bonds is 69. The Bertz CT molecular complexity index is 1160. The Labute approximate surface area is 614 Å². The van der Waals surface area contributed by atoms with E-state index in [-0.39, 0.29) is 0 Å². The van der Waals surface area contributed by atoms with E-state index in [0.29, 0.717) is 0 Å². The standard InChI is InChI=1S/3C30H61N.BO3/c3*1-3-5-7-9-11-13-15-17-19-24-28-31(30-26-22-21-23-27-30)29-25-20-18-16-14-12-10-8-6-4-2;2-1(3)4/h3*30H,3-29H2,1-2H3;/q;;;-3/p+3. The average Bonchev–Trinajstić information content (AvgIpc) is 2.58. The molecule has 3 aliphatic carbocycles. The second-order valence-electron chi connectivity index (χ2n) is 32.9. The highest BCUT2D eigenvalue weighted by Gasteiger charge is 2.26. The molecule has 0 aliphatic heterocycles. The number of nitrogens with one attached hydrogen (secondary N) is 3. The predicted molar refractivity (Wildman–Crippen MR) is 430 cm³/mol. The maximum atomic E-state index is 8.42. The fourth-order valence-electron chi connectivity index (χ4n) is 17.2. The quantitative estimate of drug-likeness (QED) is 0.0419. The van der Waals surface area contributed by atoms with Gasteiger partial charge >= 0.3 is 0 Å². The average molecular weight is 1370 g/mol. The van der Waals surface area contributed by atoms with Crippen LogP contribution in [-0.4, -0.2) is 64.7 Å². The molecule has 6 nitrogen and oxygen atoms in total. The Kier molecular flexibility index (Phi) is 83.0. The van der Waals surface area contributed by atoms with E-state index in [1.165, 1.54) is 521 Å². The van der Waals surface area contributed by atoms with Crippen molar-refractivity contribution < 1.29 is 29.8 Å². The summed E-state index contributed by atoms with van der Waals surface area (Å²) in [6, 6.07) is 3.02. The van der Waals surface area contributed by atoms with Crippen molar-refractivity contribution in [3.8, 4) is 0 Å². The van der Waals surface area contributed by atoms with Crippen molar-refractivity contribution in [2.45, 2.75) is 541 Å². The van der Waals surface area contributed by atoms with Gasteiger partial charge in [-0.3, -0.25) is 7.32 Å². The van der Waals surface area contributed by atoms with Crippen LogP contribution in [0, 0.1) is 0 Å². The first kappa shape index (κ1) is 96.8. The molecule has 0 atom stereocenters. The summed E-state index contributed by atoms with van der Waals surface area (Å²) in [5.74, 6) is 0. The molecule has 0 aromatic carbocycles. The van der Waals surface area contributed by atoms with Gasteiger partial charge in [0.1, 0.15) is 0 Å². The predicted octanol–water partition coefficient (Wildman–Crippen LogP) is 23.2. The zero-order valence-corrected chi connectivity index (χ0v) is 68.3. The van der Waals surface area contributed by atoms with Crippen molar-refractivity contribution in [3.63, 3.8) is 0 Å². The van der Waals surface area contributed by atoms with Crippen molar-refractivity contribution in [1.82, 2.24) is 0 Å². The Morgan fingerprint density at radius 3 is 0.392 bits per heavy atom. The molecule has 0 heterocycles. The van der Waals surface area contributed by atoms with E-state index in [2.05, 4.69) is 41.5 Å². The highest BCUT2D eigenvalue weighted by molar-refractivity contribution is 6.24. The third-order valence-electron chi connectivity index (χ3n) is 23.7. The second kappa shape index (κ2) is 83.1. The van der Waals surface area contributed by atoms with E-state index in [1.54, 1.807) is 0 Å². The van der Waals surface area contributed by atoms with Gasteiger partial charge in [0, 0.05) is 0 Å². The van der Waals surface area contributed by atoms with Gasteiger partial charge in [0.2, 0.25) is 0 Å². The summed E-state index contributed by atoms with van der Waals surface area (Å²) in [4.78, 5) is 6.00. The molecule has 0 saturated heterocycles. The number of hydrogen-bond donors (Lipinski definition) is 3. The van der Waals surface area contributed by atoms with E-state index in [0.717, 1.165) is 18.1 Å². The van der Waals surface area contributed by atoms with Gasteiger partial charge in [0.15, 0.2) is 0 Å². The Morgan fingerprint density at radius 2 is 0.278 bits per heavy atom. The zero-order chi connectivity index (χ0) is 70.3. The lowest BCUT2D eigenvalue weighted by molar-refractivity contribution is -0.927. The van der Waals surface area contributed by atoms with Gasteiger partial charge in [0.05, 0.1) is 57.4 Å². The Hall–Kier alpha value is -0.175. The number of quaternary nitrogens is 3. The van der Waals surface area contributed by atoms with Gasteiger partial charge in [0.25, 0.3) is 0 Å².